The van der Waals surface area contributed by atoms with E-state index < -0.39 is 0 Å². The van der Waals surface area contributed by atoms with Crippen molar-refractivity contribution in [2.45, 2.75) is 25.0 Å². The van der Waals surface area contributed by atoms with E-state index in [1.165, 1.54) is 13.4 Å². The number of anilines is 1. The Hall–Kier alpha value is -4.89. The zero-order chi connectivity index (χ0) is 25.1. The first kappa shape index (κ1) is 22.9. The number of nitrogens with zero attached hydrogens (tertiary/aromatic N) is 7. The second-order valence-corrected chi connectivity index (χ2v) is 8.29. The standard InChI is InChI=1S/C25H23N9O2/c1-36-20-5-3-2-4-19(20)25(35)28-13-15-6-8-16(9-7-15)22-21-23(26)29-14-30-24(21)34(32-22)18-11-10-17(12-18)31-33-27/h2-11,14,17-18H,12-13H2,1H3,(H,28,35)(H2,26,29,30)/t17-,18-/m0/s1. The number of para-hydroxylation sites is 1. The molecule has 2 heterocycles. The zero-order valence-corrected chi connectivity index (χ0v) is 19.4. The number of fused-ring (bicyclic) bond motifs is 1. The SMILES string of the molecule is COc1ccccc1C(=O)NCc1ccc(-c2nn([C@H]3C=C[C@H](N=[N+]=[N-])C3)c3ncnc(N)c23)cc1. The minimum absolute atomic E-state index is 0.115. The topological polar surface area (TPSA) is 157 Å². The van der Waals surface area contributed by atoms with Gasteiger partial charge in [0.05, 0.1) is 30.1 Å². The van der Waals surface area contributed by atoms with Gasteiger partial charge < -0.3 is 15.8 Å². The number of azide groups is 1. The number of ether oxygens (including phenoxy) is 1. The molecule has 0 bridgehead atoms. The van der Waals surface area contributed by atoms with E-state index in [-0.39, 0.29) is 18.0 Å². The van der Waals surface area contributed by atoms with Crippen molar-refractivity contribution >= 4 is 22.8 Å². The van der Waals surface area contributed by atoms with Gasteiger partial charge in [-0.25, -0.2) is 14.6 Å². The summed E-state index contributed by atoms with van der Waals surface area (Å²) < 4.78 is 7.07. The van der Waals surface area contributed by atoms with Crippen LogP contribution in [-0.4, -0.2) is 38.8 Å². The first-order chi connectivity index (χ1) is 17.6. The third kappa shape index (κ3) is 4.30. The molecule has 0 spiro atoms. The van der Waals surface area contributed by atoms with Gasteiger partial charge in [0.2, 0.25) is 0 Å². The lowest BCUT2D eigenvalue weighted by molar-refractivity contribution is 0.0948. The number of allylic oxidation sites excluding steroid dienone is 1. The maximum Gasteiger partial charge on any atom is 0.255 e. The van der Waals surface area contributed by atoms with Crippen molar-refractivity contribution in [3.8, 4) is 17.0 Å². The van der Waals surface area contributed by atoms with Crippen LogP contribution in [-0.2, 0) is 6.54 Å². The highest BCUT2D eigenvalue weighted by Crippen LogP contribution is 2.35. The molecule has 2 atom stereocenters. The molecule has 1 amide bonds. The second-order valence-electron chi connectivity index (χ2n) is 8.29. The third-order valence-electron chi connectivity index (χ3n) is 6.10. The Morgan fingerprint density at radius 3 is 2.81 bits per heavy atom. The van der Waals surface area contributed by atoms with Crippen LogP contribution in [0.4, 0.5) is 5.82 Å². The van der Waals surface area contributed by atoms with Gasteiger partial charge in [-0.05, 0) is 29.6 Å². The van der Waals surface area contributed by atoms with Crippen molar-refractivity contribution in [2.24, 2.45) is 5.11 Å². The lowest BCUT2D eigenvalue weighted by Gasteiger charge is -2.10. The minimum Gasteiger partial charge on any atom is -0.496 e. The Bertz CT molecular complexity index is 1500. The summed E-state index contributed by atoms with van der Waals surface area (Å²) in [6.07, 6.45) is 5.84. The summed E-state index contributed by atoms with van der Waals surface area (Å²) in [5.74, 6) is 0.647. The molecule has 0 saturated heterocycles. The largest absolute Gasteiger partial charge is 0.496 e. The smallest absolute Gasteiger partial charge is 0.255 e. The number of nitrogens with two attached hydrogens (primary N) is 1. The molecule has 0 radical (unpaired) electrons. The molecule has 36 heavy (non-hydrogen) atoms. The van der Waals surface area contributed by atoms with Crippen LogP contribution in [0.3, 0.4) is 0 Å². The van der Waals surface area contributed by atoms with Crippen molar-refractivity contribution in [3.63, 3.8) is 0 Å². The predicted molar refractivity (Wildman–Crippen MR) is 135 cm³/mol. The van der Waals surface area contributed by atoms with E-state index in [0.29, 0.717) is 46.8 Å². The van der Waals surface area contributed by atoms with Crippen molar-refractivity contribution in [2.75, 3.05) is 12.8 Å². The number of hydrogen-bond acceptors (Lipinski definition) is 7. The van der Waals surface area contributed by atoms with Gasteiger partial charge in [-0.3, -0.25) is 4.79 Å². The molecule has 0 fully saturated rings. The van der Waals surface area contributed by atoms with Gasteiger partial charge in [-0.2, -0.15) is 5.10 Å². The highest BCUT2D eigenvalue weighted by molar-refractivity contribution is 5.98. The van der Waals surface area contributed by atoms with Gasteiger partial charge in [0.1, 0.15) is 23.6 Å². The van der Waals surface area contributed by atoms with Gasteiger partial charge in [0, 0.05) is 17.0 Å². The molecule has 0 aliphatic heterocycles. The fraction of sp³-hybridized carbons (Fsp3) is 0.200. The van der Waals surface area contributed by atoms with Gasteiger partial charge in [0.15, 0.2) is 5.65 Å². The van der Waals surface area contributed by atoms with Crippen molar-refractivity contribution in [1.82, 2.24) is 25.1 Å². The molecule has 11 nitrogen and oxygen atoms in total. The highest BCUT2D eigenvalue weighted by atomic mass is 16.5. The summed E-state index contributed by atoms with van der Waals surface area (Å²) in [4.78, 5) is 24.1. The summed E-state index contributed by atoms with van der Waals surface area (Å²) in [5.41, 5.74) is 18.5. The van der Waals surface area contributed by atoms with Crippen LogP contribution in [0.15, 0.2) is 72.1 Å². The molecule has 1 aliphatic carbocycles. The average Bonchev–Trinajstić information content (AvgIpc) is 3.53. The maximum absolute atomic E-state index is 12.6. The minimum atomic E-state index is -0.229. The maximum atomic E-state index is 12.6. The number of nitrogens with one attached hydrogen (secondary N) is 1. The fourth-order valence-electron chi connectivity index (χ4n) is 4.31. The van der Waals surface area contributed by atoms with Gasteiger partial charge in [-0.1, -0.05) is 53.7 Å². The molecule has 0 saturated carbocycles. The predicted octanol–water partition coefficient (Wildman–Crippen LogP) is 4.19. The molecule has 4 aromatic rings. The van der Waals surface area contributed by atoms with Crippen LogP contribution in [0.2, 0.25) is 0 Å². The van der Waals surface area contributed by atoms with Crippen LogP contribution < -0.4 is 15.8 Å². The summed E-state index contributed by atoms with van der Waals surface area (Å²) >= 11 is 0. The number of hydrogen-bond donors (Lipinski definition) is 2. The van der Waals surface area contributed by atoms with E-state index in [4.69, 9.17) is 21.1 Å². The second kappa shape index (κ2) is 9.77. The van der Waals surface area contributed by atoms with E-state index in [0.717, 1.165) is 11.1 Å². The Balaban J connectivity index is 1.39. The lowest BCUT2D eigenvalue weighted by atomic mass is 10.1. The number of benzene rings is 2. The van der Waals surface area contributed by atoms with Gasteiger partial charge in [-0.15, -0.1) is 0 Å². The van der Waals surface area contributed by atoms with Crippen LogP contribution >= 0.6 is 0 Å². The number of rotatable bonds is 7. The molecule has 2 aromatic carbocycles. The average molecular weight is 482 g/mol. The number of aromatic nitrogens is 4. The molecule has 180 valence electrons. The molecule has 0 unspecified atom stereocenters. The van der Waals surface area contributed by atoms with E-state index in [1.807, 2.05) is 42.5 Å². The Kier molecular flexibility index (Phi) is 6.21. The number of amides is 1. The molecule has 11 heteroatoms. The number of carbonyl (C=O) groups is 1. The van der Waals surface area contributed by atoms with Crippen LogP contribution in [0.5, 0.6) is 5.75 Å². The van der Waals surface area contributed by atoms with Crippen molar-refractivity contribution in [3.05, 3.63) is 88.6 Å². The molecular formula is C25H23N9O2. The summed E-state index contributed by atoms with van der Waals surface area (Å²) in [6.45, 7) is 0.352. The Labute approximate surface area is 206 Å². The monoisotopic (exact) mass is 481 g/mol. The fourth-order valence-corrected chi connectivity index (χ4v) is 4.31. The van der Waals surface area contributed by atoms with E-state index >= 15 is 0 Å². The zero-order valence-electron chi connectivity index (χ0n) is 19.4. The lowest BCUT2D eigenvalue weighted by Crippen LogP contribution is -2.23. The quantitative estimate of drug-likeness (QED) is 0.174. The Morgan fingerprint density at radius 2 is 2.03 bits per heavy atom. The highest BCUT2D eigenvalue weighted by Gasteiger charge is 2.25. The number of methoxy groups -OCH3 is 1. The molecule has 3 N–H and O–H groups in total. The first-order valence-electron chi connectivity index (χ1n) is 11.3. The van der Waals surface area contributed by atoms with Gasteiger partial charge in [0.25, 0.3) is 5.91 Å². The Morgan fingerprint density at radius 1 is 1.22 bits per heavy atom. The van der Waals surface area contributed by atoms with E-state index in [9.17, 15) is 4.79 Å². The normalized spacial score (nSPS) is 16.6. The van der Waals surface area contributed by atoms with Crippen LogP contribution in [0.25, 0.3) is 32.7 Å². The number of carbonyl (C=O) groups excluding carboxylic acids is 1. The van der Waals surface area contributed by atoms with E-state index in [2.05, 4.69) is 25.3 Å². The van der Waals surface area contributed by atoms with Crippen molar-refractivity contribution < 1.29 is 9.53 Å². The first-order valence-corrected chi connectivity index (χ1v) is 11.3. The molecular weight excluding hydrogens is 458 g/mol. The molecule has 1 aliphatic rings. The van der Waals surface area contributed by atoms with Crippen molar-refractivity contribution in [1.29, 1.82) is 0 Å². The summed E-state index contributed by atoms with van der Waals surface area (Å²) in [7, 11) is 1.54. The van der Waals surface area contributed by atoms with E-state index in [1.54, 1.807) is 22.9 Å². The third-order valence-corrected chi connectivity index (χ3v) is 6.10. The number of nitrogen functional groups attached to an aromatic ring is 1. The van der Waals surface area contributed by atoms with Crippen LogP contribution in [0, 0.1) is 0 Å². The molecule has 5 rings (SSSR count). The summed E-state index contributed by atoms with van der Waals surface area (Å²) in [6, 6.07) is 14.4. The van der Waals surface area contributed by atoms with Crippen LogP contribution in [0.1, 0.15) is 28.4 Å². The summed E-state index contributed by atoms with van der Waals surface area (Å²) in [5, 5.41) is 12.2. The van der Waals surface area contributed by atoms with Gasteiger partial charge >= 0.3 is 0 Å². The molecule has 2 aromatic heterocycles.